The van der Waals surface area contributed by atoms with Gasteiger partial charge in [0, 0.05) is 30.6 Å². The van der Waals surface area contributed by atoms with Crippen molar-refractivity contribution in [2.45, 2.75) is 121 Å². The van der Waals surface area contributed by atoms with E-state index in [1.54, 1.807) is 6.07 Å². The molecular weight excluding hydrogens is 572 g/mol. The molecule has 7 atom stereocenters. The van der Waals surface area contributed by atoms with Crippen LogP contribution >= 0.6 is 11.6 Å². The zero-order valence-corrected chi connectivity index (χ0v) is 27.5. The molecule has 2 saturated heterocycles. The topological polar surface area (TPSA) is 72.5 Å². The molecule has 0 aromatic heterocycles. The number of rotatable bonds is 16. The van der Waals surface area contributed by atoms with Gasteiger partial charge in [-0.1, -0.05) is 50.6 Å². The van der Waals surface area contributed by atoms with Crippen molar-refractivity contribution < 1.29 is 32.9 Å². The van der Waals surface area contributed by atoms with Gasteiger partial charge in [-0.3, -0.25) is 0 Å². The third kappa shape index (κ3) is 9.62. The minimum Gasteiger partial charge on any atom is -0.490 e. The number of aldehydes is 1. The van der Waals surface area contributed by atoms with E-state index >= 15 is 0 Å². The summed E-state index contributed by atoms with van der Waals surface area (Å²) in [5.74, 6) is 0.717. The standard InChI is InChI=1S/C33H51ClO7Si/c1-4-42(5-2,6-3)41-31-23-30(40-33-15-8-10-21-37-33)28(29(31)18-19-35)17-16-27(39-32-14-7-9-20-36-32)24-38-26-13-11-12-25(34)22-26/h11-13,16-17,19,22,27-33H,4-10,14-15,18,20-21,23-24H2,1-3H3/b17-16+/t27-,28-,29-,30-,31+,32?,33?/m1/s1. The number of hydrogen-bond donors (Lipinski definition) is 0. The number of carbonyl (C=O) groups excluding carboxylic acids is 1. The van der Waals surface area contributed by atoms with Gasteiger partial charge in [-0.2, -0.15) is 0 Å². The van der Waals surface area contributed by atoms with Crippen LogP contribution in [0.3, 0.4) is 0 Å². The molecule has 2 heterocycles. The number of benzene rings is 1. The third-order valence-electron chi connectivity index (χ3n) is 9.26. The van der Waals surface area contributed by atoms with Crippen molar-refractivity contribution in [3.05, 3.63) is 41.4 Å². The fourth-order valence-corrected chi connectivity index (χ4v) is 9.62. The second-order valence-corrected chi connectivity index (χ2v) is 17.0. The zero-order chi connectivity index (χ0) is 29.8. The van der Waals surface area contributed by atoms with Crippen LogP contribution in [0, 0.1) is 11.8 Å². The summed E-state index contributed by atoms with van der Waals surface area (Å²) in [5, 5.41) is 0.626. The maximum Gasteiger partial charge on any atom is 0.192 e. The van der Waals surface area contributed by atoms with Crippen molar-refractivity contribution in [2.24, 2.45) is 11.8 Å². The molecule has 0 amide bonds. The summed E-state index contributed by atoms with van der Waals surface area (Å²) in [6, 6.07) is 10.6. The first-order valence-electron chi connectivity index (χ1n) is 16.2. The summed E-state index contributed by atoms with van der Waals surface area (Å²) in [7, 11) is -1.89. The maximum absolute atomic E-state index is 12.0. The van der Waals surface area contributed by atoms with Crippen molar-refractivity contribution in [3.63, 3.8) is 0 Å². The first-order valence-corrected chi connectivity index (χ1v) is 19.1. The van der Waals surface area contributed by atoms with Crippen LogP contribution < -0.4 is 4.74 Å². The van der Waals surface area contributed by atoms with Crippen LogP contribution in [0.1, 0.15) is 72.1 Å². The highest BCUT2D eigenvalue weighted by atomic mass is 35.5. The van der Waals surface area contributed by atoms with Crippen molar-refractivity contribution >= 4 is 26.2 Å². The molecule has 42 heavy (non-hydrogen) atoms. The predicted molar refractivity (Wildman–Crippen MR) is 167 cm³/mol. The Morgan fingerprint density at radius 2 is 1.71 bits per heavy atom. The Bertz CT molecular complexity index is 953. The molecule has 1 aromatic carbocycles. The monoisotopic (exact) mass is 622 g/mol. The minimum atomic E-state index is -1.89. The van der Waals surface area contributed by atoms with Crippen LogP contribution in [0.5, 0.6) is 5.75 Å². The maximum atomic E-state index is 12.0. The van der Waals surface area contributed by atoms with Gasteiger partial charge in [0.1, 0.15) is 24.7 Å². The molecule has 1 saturated carbocycles. The molecule has 2 unspecified atom stereocenters. The fraction of sp³-hybridized carbons (Fsp3) is 0.727. The van der Waals surface area contributed by atoms with E-state index in [1.165, 1.54) is 0 Å². The van der Waals surface area contributed by atoms with Crippen molar-refractivity contribution in [1.29, 1.82) is 0 Å². The predicted octanol–water partition coefficient (Wildman–Crippen LogP) is 7.71. The zero-order valence-electron chi connectivity index (χ0n) is 25.7. The van der Waals surface area contributed by atoms with Gasteiger partial charge in [-0.15, -0.1) is 0 Å². The van der Waals surface area contributed by atoms with Gasteiger partial charge in [-0.25, -0.2) is 0 Å². The van der Waals surface area contributed by atoms with Crippen molar-refractivity contribution in [1.82, 2.24) is 0 Å². The van der Waals surface area contributed by atoms with Crippen LogP contribution in [-0.4, -0.2) is 65.3 Å². The highest BCUT2D eigenvalue weighted by Gasteiger charge is 2.47. The third-order valence-corrected chi connectivity index (χ3v) is 14.2. The van der Waals surface area contributed by atoms with Gasteiger partial charge >= 0.3 is 0 Å². The molecule has 1 aromatic rings. The summed E-state index contributed by atoms with van der Waals surface area (Å²) >= 11 is 6.19. The molecule has 0 N–H and O–H groups in total. The first kappa shape index (κ1) is 33.6. The lowest BCUT2D eigenvalue weighted by molar-refractivity contribution is -0.193. The van der Waals surface area contributed by atoms with E-state index in [2.05, 4.69) is 32.9 Å². The highest BCUT2D eigenvalue weighted by Crippen LogP contribution is 2.43. The molecule has 4 rings (SSSR count). The summed E-state index contributed by atoms with van der Waals surface area (Å²) < 4.78 is 38.1. The first-order chi connectivity index (χ1) is 20.5. The van der Waals surface area contributed by atoms with Gasteiger partial charge in [-0.05, 0) is 87.2 Å². The van der Waals surface area contributed by atoms with E-state index in [0.29, 0.717) is 30.4 Å². The second-order valence-electron chi connectivity index (χ2n) is 11.9. The van der Waals surface area contributed by atoms with E-state index in [-0.39, 0.29) is 42.7 Å². The molecule has 7 nitrogen and oxygen atoms in total. The fourth-order valence-electron chi connectivity index (χ4n) is 6.53. The summed E-state index contributed by atoms with van der Waals surface area (Å²) in [4.78, 5) is 12.0. The molecule has 1 aliphatic carbocycles. The van der Waals surface area contributed by atoms with E-state index in [0.717, 1.165) is 76.0 Å². The van der Waals surface area contributed by atoms with Crippen LogP contribution in [0.15, 0.2) is 36.4 Å². The molecular formula is C33H51ClO7Si. The quantitative estimate of drug-likeness (QED) is 0.106. The molecule has 0 bridgehead atoms. The molecule has 2 aliphatic heterocycles. The molecule has 0 radical (unpaired) electrons. The molecule has 236 valence electrons. The Morgan fingerprint density at radius 3 is 2.33 bits per heavy atom. The van der Waals surface area contributed by atoms with Crippen molar-refractivity contribution in [2.75, 3.05) is 19.8 Å². The smallest absolute Gasteiger partial charge is 0.192 e. The number of halogens is 1. The second kappa shape index (κ2) is 17.3. The number of ether oxygens (including phenoxy) is 5. The van der Waals surface area contributed by atoms with Crippen LogP contribution in [0.4, 0.5) is 0 Å². The van der Waals surface area contributed by atoms with Crippen LogP contribution in [0.25, 0.3) is 0 Å². The Kier molecular flexibility index (Phi) is 13.8. The Morgan fingerprint density at radius 1 is 1.00 bits per heavy atom. The lowest BCUT2D eigenvalue weighted by atomic mass is 9.90. The Hall–Kier alpha value is -1.26. The lowest BCUT2D eigenvalue weighted by Gasteiger charge is -2.34. The summed E-state index contributed by atoms with van der Waals surface area (Å²) in [6.07, 6.45) is 11.6. The SMILES string of the molecule is CC[Si](CC)(CC)O[C@H]1C[C@@H](OC2CCCCO2)[C@H](/C=C/[C@H](COc2cccc(Cl)c2)OC2CCCCO2)[C@H]1CC=O. The van der Waals surface area contributed by atoms with Gasteiger partial charge in [0.2, 0.25) is 0 Å². The minimum absolute atomic E-state index is 0.00691. The van der Waals surface area contributed by atoms with E-state index in [1.807, 2.05) is 18.2 Å². The van der Waals surface area contributed by atoms with Gasteiger partial charge < -0.3 is 32.9 Å². The number of hydrogen-bond acceptors (Lipinski definition) is 7. The Balaban J connectivity index is 1.56. The molecule has 3 aliphatic rings. The molecule has 0 spiro atoms. The van der Waals surface area contributed by atoms with Crippen LogP contribution in [0.2, 0.25) is 23.2 Å². The van der Waals surface area contributed by atoms with Gasteiger partial charge in [0.05, 0.1) is 12.2 Å². The van der Waals surface area contributed by atoms with E-state index in [9.17, 15) is 4.79 Å². The van der Waals surface area contributed by atoms with Crippen LogP contribution in [-0.2, 0) is 28.2 Å². The largest absolute Gasteiger partial charge is 0.490 e. The van der Waals surface area contributed by atoms with Crippen molar-refractivity contribution in [3.8, 4) is 5.75 Å². The molecule has 9 heteroatoms. The average Bonchev–Trinajstić information content (AvgIpc) is 3.33. The van der Waals surface area contributed by atoms with E-state index in [4.69, 9.17) is 39.7 Å². The normalized spacial score (nSPS) is 29.5. The Labute approximate surface area is 258 Å². The number of carbonyl (C=O) groups is 1. The van der Waals surface area contributed by atoms with Gasteiger partial charge in [0.25, 0.3) is 0 Å². The average molecular weight is 623 g/mol. The summed E-state index contributed by atoms with van der Waals surface area (Å²) in [5.41, 5.74) is 0. The summed E-state index contributed by atoms with van der Waals surface area (Å²) in [6.45, 7) is 8.49. The lowest BCUT2D eigenvalue weighted by Crippen LogP contribution is -2.41. The highest BCUT2D eigenvalue weighted by molar-refractivity contribution is 6.73. The molecule has 3 fully saturated rings. The van der Waals surface area contributed by atoms with E-state index < -0.39 is 8.32 Å². The van der Waals surface area contributed by atoms with Gasteiger partial charge in [0.15, 0.2) is 20.9 Å².